The zero-order valence-electron chi connectivity index (χ0n) is 9.89. The molecule has 0 aromatic heterocycles. The normalized spacial score (nSPS) is 12.5. The lowest BCUT2D eigenvalue weighted by molar-refractivity contribution is -0.151. The molecule has 0 aliphatic rings. The molecule has 0 aliphatic carbocycles. The molecular weight excluding hydrogens is 224 g/mol. The van der Waals surface area contributed by atoms with Crippen molar-refractivity contribution in [3.05, 3.63) is 12.2 Å². The van der Waals surface area contributed by atoms with E-state index in [-0.39, 0.29) is 0 Å². The minimum atomic E-state index is -1.48. The van der Waals surface area contributed by atoms with E-state index in [0.29, 0.717) is 6.42 Å². The van der Waals surface area contributed by atoms with Gasteiger partial charge in [-0.05, 0) is 18.9 Å². The largest absolute Gasteiger partial charge is 0.481 e. The highest BCUT2D eigenvalue weighted by Gasteiger charge is 2.26. The van der Waals surface area contributed by atoms with Crippen LogP contribution in [0.1, 0.15) is 39.0 Å². The molecule has 0 aliphatic heterocycles. The Morgan fingerprint density at radius 2 is 1.82 bits per heavy atom. The maximum Gasteiger partial charge on any atom is 0.315 e. The lowest BCUT2D eigenvalue weighted by Crippen LogP contribution is -2.25. The molecule has 0 heterocycles. The van der Waals surface area contributed by atoms with Gasteiger partial charge in [0.15, 0.2) is 5.78 Å². The van der Waals surface area contributed by atoms with Crippen LogP contribution in [0.2, 0.25) is 0 Å². The smallest absolute Gasteiger partial charge is 0.315 e. The molecule has 0 aromatic carbocycles. The first-order valence-corrected chi connectivity index (χ1v) is 5.64. The van der Waals surface area contributed by atoms with Crippen LogP contribution < -0.4 is 0 Å². The number of unbranched alkanes of at least 4 members (excludes halogenated alkanes) is 3. The number of carbonyl (C=O) groups excluding carboxylic acids is 1. The minimum absolute atomic E-state index is 0.656. The fraction of sp³-hybridized carbons (Fsp3) is 0.583. The molecule has 1 atom stereocenters. The van der Waals surface area contributed by atoms with Crippen LogP contribution in [0.15, 0.2) is 12.2 Å². The Kier molecular flexibility index (Phi) is 7.67. The summed E-state index contributed by atoms with van der Waals surface area (Å²) >= 11 is 0. The Balaban J connectivity index is 4.23. The van der Waals surface area contributed by atoms with Gasteiger partial charge in [-0.25, -0.2) is 0 Å². The van der Waals surface area contributed by atoms with Crippen molar-refractivity contribution in [3.63, 3.8) is 0 Å². The third-order valence-corrected chi connectivity index (χ3v) is 2.28. The first kappa shape index (κ1) is 15.3. The molecule has 0 aromatic rings. The average molecular weight is 242 g/mol. The molecule has 0 saturated heterocycles. The topological polar surface area (TPSA) is 91.7 Å². The van der Waals surface area contributed by atoms with Gasteiger partial charge in [0.05, 0.1) is 6.42 Å². The summed E-state index contributed by atoms with van der Waals surface area (Å²) in [6, 6.07) is 0. The Morgan fingerprint density at radius 3 is 2.29 bits per heavy atom. The number of carboxylic acids is 2. The molecule has 0 saturated carbocycles. The van der Waals surface area contributed by atoms with Gasteiger partial charge in [0, 0.05) is 0 Å². The summed E-state index contributed by atoms with van der Waals surface area (Å²) in [5.74, 6) is -4.81. The van der Waals surface area contributed by atoms with Crippen molar-refractivity contribution in [1.29, 1.82) is 0 Å². The van der Waals surface area contributed by atoms with Crippen molar-refractivity contribution in [3.8, 4) is 0 Å². The van der Waals surface area contributed by atoms with Gasteiger partial charge in [-0.1, -0.05) is 25.8 Å². The summed E-state index contributed by atoms with van der Waals surface area (Å²) in [7, 11) is 0. The number of carbonyl (C=O) groups is 3. The predicted molar refractivity (Wildman–Crippen MR) is 61.7 cm³/mol. The van der Waals surface area contributed by atoms with Crippen LogP contribution in [0.4, 0.5) is 0 Å². The fourth-order valence-electron chi connectivity index (χ4n) is 1.31. The van der Waals surface area contributed by atoms with Crippen LogP contribution in [0.3, 0.4) is 0 Å². The molecule has 1 unspecified atom stereocenters. The predicted octanol–water partition coefficient (Wildman–Crippen LogP) is 1.87. The number of ketones is 1. The third-order valence-electron chi connectivity index (χ3n) is 2.28. The highest BCUT2D eigenvalue weighted by Crippen LogP contribution is 2.07. The number of rotatable bonds is 9. The maximum atomic E-state index is 11.4. The van der Waals surface area contributed by atoms with Crippen molar-refractivity contribution in [2.45, 2.75) is 39.0 Å². The van der Waals surface area contributed by atoms with Crippen molar-refractivity contribution in [2.24, 2.45) is 5.92 Å². The Bertz CT molecular complexity index is 306. The van der Waals surface area contributed by atoms with Crippen molar-refractivity contribution in [2.75, 3.05) is 0 Å². The first-order valence-electron chi connectivity index (χ1n) is 5.64. The Labute approximate surface area is 100 Å². The van der Waals surface area contributed by atoms with E-state index in [0.717, 1.165) is 19.3 Å². The Hall–Kier alpha value is -1.65. The SMILES string of the molecule is CCCCCC=CC(=O)C(CC(=O)O)C(=O)O. The molecule has 0 amide bonds. The van der Waals surface area contributed by atoms with Gasteiger partial charge < -0.3 is 10.2 Å². The molecule has 2 N–H and O–H groups in total. The van der Waals surface area contributed by atoms with Crippen molar-refractivity contribution in [1.82, 2.24) is 0 Å². The van der Waals surface area contributed by atoms with Crippen LogP contribution in [0, 0.1) is 5.92 Å². The minimum Gasteiger partial charge on any atom is -0.481 e. The lowest BCUT2D eigenvalue weighted by atomic mass is 9.99. The second-order valence-electron chi connectivity index (χ2n) is 3.79. The highest BCUT2D eigenvalue weighted by atomic mass is 16.4. The van der Waals surface area contributed by atoms with Gasteiger partial charge in [0.2, 0.25) is 0 Å². The summed E-state index contributed by atoms with van der Waals surface area (Å²) < 4.78 is 0. The number of allylic oxidation sites excluding steroid dienone is 2. The van der Waals surface area contributed by atoms with Crippen LogP contribution in [-0.2, 0) is 14.4 Å². The van der Waals surface area contributed by atoms with Crippen molar-refractivity contribution < 1.29 is 24.6 Å². The first-order chi connectivity index (χ1) is 7.99. The van der Waals surface area contributed by atoms with E-state index in [4.69, 9.17) is 10.2 Å². The summed E-state index contributed by atoms with van der Waals surface area (Å²) in [6.07, 6.45) is 5.88. The van der Waals surface area contributed by atoms with E-state index in [1.165, 1.54) is 6.08 Å². The monoisotopic (exact) mass is 242 g/mol. The number of carboxylic acid groups (broad SMARTS) is 2. The molecule has 0 rings (SSSR count). The number of aliphatic carboxylic acids is 2. The second-order valence-corrected chi connectivity index (χ2v) is 3.79. The zero-order chi connectivity index (χ0) is 13.3. The standard InChI is InChI=1S/C12H18O5/c1-2-3-4-5-6-7-10(13)9(12(16)17)8-11(14)15/h6-7,9H,2-5,8H2,1H3,(H,14,15)(H,16,17). The van der Waals surface area contributed by atoms with Gasteiger partial charge in [-0.3, -0.25) is 14.4 Å². The zero-order valence-corrected chi connectivity index (χ0v) is 9.89. The second kappa shape index (κ2) is 8.50. The lowest BCUT2D eigenvalue weighted by Gasteiger charge is -2.04. The summed E-state index contributed by atoms with van der Waals surface area (Å²) in [4.78, 5) is 32.5. The molecular formula is C12H18O5. The fourth-order valence-corrected chi connectivity index (χ4v) is 1.31. The van der Waals surface area contributed by atoms with Gasteiger partial charge in [0.1, 0.15) is 5.92 Å². The Morgan fingerprint density at radius 1 is 1.18 bits per heavy atom. The molecule has 5 heteroatoms. The third kappa shape index (κ3) is 7.27. The molecule has 0 bridgehead atoms. The summed E-state index contributed by atoms with van der Waals surface area (Å²) in [6.45, 7) is 2.06. The van der Waals surface area contributed by atoms with E-state index in [9.17, 15) is 14.4 Å². The van der Waals surface area contributed by atoms with Crippen LogP contribution in [-0.4, -0.2) is 27.9 Å². The van der Waals surface area contributed by atoms with E-state index < -0.39 is 30.1 Å². The van der Waals surface area contributed by atoms with E-state index in [1.54, 1.807) is 6.08 Å². The highest BCUT2D eigenvalue weighted by molar-refractivity contribution is 6.06. The van der Waals surface area contributed by atoms with Crippen LogP contribution in [0.5, 0.6) is 0 Å². The number of hydrogen-bond donors (Lipinski definition) is 2. The van der Waals surface area contributed by atoms with Gasteiger partial charge in [-0.2, -0.15) is 0 Å². The molecule has 0 spiro atoms. The van der Waals surface area contributed by atoms with Gasteiger partial charge in [-0.15, -0.1) is 0 Å². The summed E-state index contributed by atoms with van der Waals surface area (Å²) in [5, 5.41) is 17.2. The molecule has 17 heavy (non-hydrogen) atoms. The molecule has 0 radical (unpaired) electrons. The quantitative estimate of drug-likeness (QED) is 0.366. The summed E-state index contributed by atoms with van der Waals surface area (Å²) in [5.41, 5.74) is 0. The van der Waals surface area contributed by atoms with Crippen molar-refractivity contribution >= 4 is 17.7 Å². The van der Waals surface area contributed by atoms with E-state index in [2.05, 4.69) is 6.92 Å². The molecule has 5 nitrogen and oxygen atoms in total. The average Bonchev–Trinajstić information content (AvgIpc) is 2.24. The van der Waals surface area contributed by atoms with Crippen LogP contribution in [0.25, 0.3) is 0 Å². The number of hydrogen-bond acceptors (Lipinski definition) is 3. The molecule has 96 valence electrons. The van der Waals surface area contributed by atoms with Gasteiger partial charge in [0.25, 0.3) is 0 Å². The van der Waals surface area contributed by atoms with Crippen LogP contribution >= 0.6 is 0 Å². The van der Waals surface area contributed by atoms with Gasteiger partial charge >= 0.3 is 11.9 Å². The van der Waals surface area contributed by atoms with E-state index in [1.807, 2.05) is 0 Å². The molecule has 0 fully saturated rings. The maximum absolute atomic E-state index is 11.4. The van der Waals surface area contributed by atoms with E-state index >= 15 is 0 Å².